The van der Waals surface area contributed by atoms with E-state index in [0.29, 0.717) is 35.4 Å². The zero-order valence-corrected chi connectivity index (χ0v) is 34.7. The second-order valence-corrected chi connectivity index (χ2v) is 16.4. The monoisotopic (exact) mass is 834 g/mol. The molecule has 0 unspecified atom stereocenters. The number of aromatic nitrogens is 10. The molecular formula is C55H34N10. The average Bonchev–Trinajstić information content (AvgIpc) is 4.09. The molecule has 10 heteroatoms. The lowest BCUT2D eigenvalue weighted by Crippen LogP contribution is -2.15. The van der Waals surface area contributed by atoms with E-state index in [0.717, 1.165) is 87.2 Å². The Morgan fingerprint density at radius 1 is 0.215 bits per heavy atom. The largest absolute Gasteiger partial charge is 0.278 e. The molecule has 0 bridgehead atoms. The molecule has 6 aromatic heterocycles. The van der Waals surface area contributed by atoms with E-state index in [9.17, 15) is 0 Å². The maximum absolute atomic E-state index is 5.36. The Bertz CT molecular complexity index is 3500. The standard InChI is InChI=1S/C55H34N10/c1-9-25-42-34(17-1)35-18-2-10-26-43(35)62(42)52-56-50(57-53(60-52)63-44-27-11-3-19-36(44)37-20-4-12-28-45(37)63)33-51-58-54(64-46-29-13-5-21-38(46)39-22-6-14-30-47(39)64)61-55(59-51)65-48-31-15-7-23-40(48)41-24-8-16-32-49(41)65/h1-32H,33H2. The van der Waals surface area contributed by atoms with Gasteiger partial charge in [0.15, 0.2) is 0 Å². The molecule has 0 fully saturated rings. The van der Waals surface area contributed by atoms with Crippen LogP contribution in [0.1, 0.15) is 11.6 Å². The highest BCUT2D eigenvalue weighted by Crippen LogP contribution is 2.36. The lowest BCUT2D eigenvalue weighted by molar-refractivity contribution is 0.783. The number of fused-ring (bicyclic) bond motifs is 12. The smallest absolute Gasteiger partial charge is 0.239 e. The van der Waals surface area contributed by atoms with Crippen molar-refractivity contribution in [2.24, 2.45) is 0 Å². The van der Waals surface area contributed by atoms with E-state index in [-0.39, 0.29) is 6.42 Å². The summed E-state index contributed by atoms with van der Waals surface area (Å²) >= 11 is 0. The maximum Gasteiger partial charge on any atom is 0.239 e. The predicted octanol–water partition coefficient (Wildman–Crippen LogP) is 12.0. The molecule has 0 radical (unpaired) electrons. The van der Waals surface area contributed by atoms with Gasteiger partial charge in [0.2, 0.25) is 23.8 Å². The molecule has 65 heavy (non-hydrogen) atoms. The molecule has 0 spiro atoms. The molecule has 14 rings (SSSR count). The number of hydrogen-bond acceptors (Lipinski definition) is 6. The minimum Gasteiger partial charge on any atom is -0.278 e. The fourth-order valence-electron chi connectivity index (χ4n) is 10.0. The fourth-order valence-corrected chi connectivity index (χ4v) is 10.0. The van der Waals surface area contributed by atoms with E-state index in [4.69, 9.17) is 29.9 Å². The quantitative estimate of drug-likeness (QED) is 0.165. The first kappa shape index (κ1) is 35.6. The van der Waals surface area contributed by atoms with Crippen molar-refractivity contribution < 1.29 is 0 Å². The zero-order chi connectivity index (χ0) is 42.6. The third-order valence-electron chi connectivity index (χ3n) is 12.8. The number of rotatable bonds is 6. The molecule has 0 aliphatic rings. The van der Waals surface area contributed by atoms with Gasteiger partial charge in [-0.3, -0.25) is 18.3 Å². The summed E-state index contributed by atoms with van der Waals surface area (Å²) in [5.74, 6) is 3.04. The third kappa shape index (κ3) is 5.28. The lowest BCUT2D eigenvalue weighted by atomic mass is 10.2. The van der Waals surface area contributed by atoms with Crippen LogP contribution in [0.25, 0.3) is 111 Å². The summed E-state index contributed by atoms with van der Waals surface area (Å²) < 4.78 is 8.59. The van der Waals surface area contributed by atoms with Gasteiger partial charge in [0.05, 0.1) is 50.6 Å². The molecule has 0 N–H and O–H groups in total. The SMILES string of the molecule is c1ccc2c(c1)c1ccccc1n2-c1nc(Cc2nc(-n3c4ccccc4c4ccccc43)nc(-n3c4ccccc4c4ccccc43)n2)nc(-n2c3ccccc3c3ccccc32)n1. The first-order valence-electron chi connectivity index (χ1n) is 21.7. The van der Waals surface area contributed by atoms with Crippen molar-refractivity contribution in [1.29, 1.82) is 0 Å². The van der Waals surface area contributed by atoms with Gasteiger partial charge >= 0.3 is 0 Å². The minimum atomic E-state index is 0.188. The van der Waals surface area contributed by atoms with E-state index in [1.54, 1.807) is 0 Å². The van der Waals surface area contributed by atoms with Crippen molar-refractivity contribution in [3.63, 3.8) is 0 Å². The van der Waals surface area contributed by atoms with Crippen LogP contribution in [0.2, 0.25) is 0 Å². The molecule has 6 heterocycles. The van der Waals surface area contributed by atoms with Crippen LogP contribution in [-0.2, 0) is 6.42 Å². The van der Waals surface area contributed by atoms with Gasteiger partial charge < -0.3 is 0 Å². The van der Waals surface area contributed by atoms with Gasteiger partial charge in [0.1, 0.15) is 11.6 Å². The summed E-state index contributed by atoms with van der Waals surface area (Å²) in [5, 5.41) is 8.95. The van der Waals surface area contributed by atoms with Crippen molar-refractivity contribution >= 4 is 87.2 Å². The molecular weight excluding hydrogens is 801 g/mol. The van der Waals surface area contributed by atoms with Crippen LogP contribution in [0.15, 0.2) is 194 Å². The van der Waals surface area contributed by atoms with E-state index in [1.165, 1.54) is 0 Å². The van der Waals surface area contributed by atoms with Crippen molar-refractivity contribution in [2.45, 2.75) is 6.42 Å². The molecule has 0 aliphatic carbocycles. The van der Waals surface area contributed by atoms with Crippen molar-refractivity contribution in [2.75, 3.05) is 0 Å². The van der Waals surface area contributed by atoms with Crippen molar-refractivity contribution in [3.05, 3.63) is 206 Å². The van der Waals surface area contributed by atoms with Gasteiger partial charge in [-0.2, -0.15) is 29.9 Å². The van der Waals surface area contributed by atoms with Crippen molar-refractivity contribution in [3.8, 4) is 23.8 Å². The molecule has 8 aromatic carbocycles. The number of para-hydroxylation sites is 8. The van der Waals surface area contributed by atoms with Crippen LogP contribution in [0.3, 0.4) is 0 Å². The van der Waals surface area contributed by atoms with Crippen LogP contribution < -0.4 is 0 Å². The highest BCUT2D eigenvalue weighted by atomic mass is 15.3. The van der Waals surface area contributed by atoms with E-state index >= 15 is 0 Å². The highest BCUT2D eigenvalue weighted by molar-refractivity contribution is 6.12. The van der Waals surface area contributed by atoms with Gasteiger partial charge in [0, 0.05) is 43.1 Å². The molecule has 0 atom stereocenters. The second kappa shape index (κ2) is 13.7. The third-order valence-corrected chi connectivity index (χ3v) is 12.8. The summed E-state index contributed by atoms with van der Waals surface area (Å²) in [5.41, 5.74) is 8.01. The molecule has 0 amide bonds. The molecule has 0 saturated carbocycles. The number of hydrogen-bond donors (Lipinski definition) is 0. The van der Waals surface area contributed by atoms with Gasteiger partial charge in [0.25, 0.3) is 0 Å². The lowest BCUT2D eigenvalue weighted by Gasteiger charge is -2.14. The van der Waals surface area contributed by atoms with E-state index in [2.05, 4.69) is 212 Å². The van der Waals surface area contributed by atoms with E-state index in [1.807, 2.05) is 0 Å². The Hall–Kier alpha value is -9.02. The van der Waals surface area contributed by atoms with Crippen LogP contribution in [-0.4, -0.2) is 48.2 Å². The van der Waals surface area contributed by atoms with Gasteiger partial charge in [-0.05, 0) is 48.5 Å². The number of nitrogens with zero attached hydrogens (tertiary/aromatic N) is 10. The summed E-state index contributed by atoms with van der Waals surface area (Å²) in [6, 6.07) is 67.3. The minimum absolute atomic E-state index is 0.188. The highest BCUT2D eigenvalue weighted by Gasteiger charge is 2.23. The Morgan fingerprint density at radius 2 is 0.385 bits per heavy atom. The van der Waals surface area contributed by atoms with Crippen molar-refractivity contribution in [1.82, 2.24) is 48.2 Å². The number of benzene rings is 8. The van der Waals surface area contributed by atoms with Crippen LogP contribution in [0.5, 0.6) is 0 Å². The Labute approximate surface area is 370 Å². The second-order valence-electron chi connectivity index (χ2n) is 16.4. The first-order valence-corrected chi connectivity index (χ1v) is 21.7. The summed E-state index contributed by atoms with van der Waals surface area (Å²) in [7, 11) is 0. The molecule has 14 aromatic rings. The molecule has 10 nitrogen and oxygen atoms in total. The summed E-state index contributed by atoms with van der Waals surface area (Å²) in [6.07, 6.45) is 0.188. The van der Waals surface area contributed by atoms with Crippen LogP contribution in [0, 0.1) is 0 Å². The summed E-state index contributed by atoms with van der Waals surface area (Å²) in [4.78, 5) is 32.1. The normalized spacial score (nSPS) is 12.1. The van der Waals surface area contributed by atoms with E-state index < -0.39 is 0 Å². The Balaban J connectivity index is 1.05. The van der Waals surface area contributed by atoms with Gasteiger partial charge in [-0.25, -0.2) is 0 Å². The molecule has 0 aliphatic heterocycles. The topological polar surface area (TPSA) is 97.1 Å². The Morgan fingerprint density at radius 3 is 0.569 bits per heavy atom. The summed E-state index contributed by atoms with van der Waals surface area (Å²) in [6.45, 7) is 0. The average molecular weight is 835 g/mol. The maximum atomic E-state index is 5.36. The zero-order valence-electron chi connectivity index (χ0n) is 34.7. The Kier molecular flexibility index (Phi) is 7.52. The first-order chi connectivity index (χ1) is 32.2. The molecule has 0 saturated heterocycles. The van der Waals surface area contributed by atoms with Crippen LogP contribution >= 0.6 is 0 Å². The van der Waals surface area contributed by atoms with Gasteiger partial charge in [-0.1, -0.05) is 146 Å². The fraction of sp³-hybridized carbons (Fsp3) is 0.0182. The predicted molar refractivity (Wildman–Crippen MR) is 260 cm³/mol. The van der Waals surface area contributed by atoms with Gasteiger partial charge in [-0.15, -0.1) is 0 Å². The van der Waals surface area contributed by atoms with Crippen LogP contribution in [0.4, 0.5) is 0 Å². The molecule has 304 valence electrons.